The molecule has 0 saturated heterocycles. The number of esters is 1. The van der Waals surface area contributed by atoms with Crippen LogP contribution in [-0.2, 0) is 20.4 Å². The Morgan fingerprint density at radius 3 is 2.22 bits per heavy atom. The van der Waals surface area contributed by atoms with E-state index >= 15 is 0 Å². The number of carbonyl (C=O) groups is 2. The predicted molar refractivity (Wildman–Crippen MR) is 138 cm³/mol. The molecule has 0 spiro atoms. The largest absolute Gasteiger partial charge is 0.462 e. The van der Waals surface area contributed by atoms with E-state index in [1.54, 1.807) is 24.3 Å². The highest BCUT2D eigenvalue weighted by molar-refractivity contribution is 6.02. The van der Waals surface area contributed by atoms with E-state index in [2.05, 4.69) is 26.1 Å². The Morgan fingerprint density at radius 1 is 0.973 bits per heavy atom. The summed E-state index contributed by atoms with van der Waals surface area (Å²) >= 11 is 0. The maximum Gasteiger partial charge on any atom is 0.338 e. The van der Waals surface area contributed by atoms with E-state index in [1.165, 1.54) is 0 Å². The van der Waals surface area contributed by atoms with Gasteiger partial charge in [-0.2, -0.15) is 0 Å². The van der Waals surface area contributed by atoms with E-state index in [-0.39, 0.29) is 30.0 Å². The normalized spacial score (nSPS) is 24.4. The molecule has 1 aromatic heterocycles. The van der Waals surface area contributed by atoms with Crippen molar-refractivity contribution in [2.45, 2.75) is 58.3 Å². The molecule has 1 aliphatic heterocycles. The van der Waals surface area contributed by atoms with Gasteiger partial charge in [-0.3, -0.25) is 4.79 Å². The Balaban J connectivity index is 1.35. The summed E-state index contributed by atoms with van der Waals surface area (Å²) in [6.45, 7) is 11.0. The summed E-state index contributed by atoms with van der Waals surface area (Å²) in [7, 11) is 0. The maximum absolute atomic E-state index is 14.1. The lowest BCUT2D eigenvalue weighted by molar-refractivity contribution is -0.125. The van der Waals surface area contributed by atoms with Crippen molar-refractivity contribution >= 4 is 28.6 Å². The van der Waals surface area contributed by atoms with Crippen LogP contribution in [0.15, 0.2) is 36.4 Å². The van der Waals surface area contributed by atoms with Crippen LogP contribution in [0.1, 0.15) is 69.2 Å². The highest BCUT2D eigenvalue weighted by Gasteiger charge is 2.73. The summed E-state index contributed by atoms with van der Waals surface area (Å²) in [5, 5.41) is 3.12. The van der Waals surface area contributed by atoms with E-state index in [1.807, 2.05) is 26.0 Å². The van der Waals surface area contributed by atoms with Gasteiger partial charge in [0.25, 0.3) is 0 Å². The minimum atomic E-state index is -0.844. The lowest BCUT2D eigenvalue weighted by Crippen LogP contribution is -2.48. The first-order chi connectivity index (χ1) is 17.6. The summed E-state index contributed by atoms with van der Waals surface area (Å²) in [5.74, 6) is 1.09. The molecule has 0 radical (unpaired) electrons. The number of ether oxygens (including phenoxy) is 3. The molecule has 1 saturated carbocycles. The summed E-state index contributed by atoms with van der Waals surface area (Å²) in [6, 6.07) is 10.5. The smallest absolute Gasteiger partial charge is 0.338 e. The van der Waals surface area contributed by atoms with Crippen molar-refractivity contribution in [1.82, 2.24) is 9.97 Å². The van der Waals surface area contributed by atoms with Crippen LogP contribution in [0.3, 0.4) is 0 Å². The number of amides is 1. The molecule has 2 aliphatic carbocycles. The molecular formula is C29H31N3O5. The third-order valence-electron chi connectivity index (χ3n) is 8.85. The molecular weight excluding hydrogens is 470 g/mol. The molecule has 2 unspecified atom stereocenters. The number of anilines is 1. The number of nitrogens with one attached hydrogen (secondary N) is 1. The Kier molecular flexibility index (Phi) is 5.07. The maximum atomic E-state index is 14.1. The van der Waals surface area contributed by atoms with Gasteiger partial charge in [-0.25, -0.2) is 14.8 Å². The molecule has 3 aliphatic rings. The summed E-state index contributed by atoms with van der Waals surface area (Å²) < 4.78 is 16.4. The number of hydrogen-bond acceptors (Lipinski definition) is 7. The van der Waals surface area contributed by atoms with Crippen molar-refractivity contribution in [3.05, 3.63) is 53.3 Å². The predicted octanol–water partition coefficient (Wildman–Crippen LogP) is 5.14. The van der Waals surface area contributed by atoms with Crippen LogP contribution < -0.4 is 14.8 Å². The first-order valence-electron chi connectivity index (χ1n) is 12.8. The molecule has 2 aromatic carbocycles. The fourth-order valence-electron chi connectivity index (χ4n) is 6.25. The number of rotatable bonds is 5. The number of carbonyl (C=O) groups excluding carboxylic acids is 2. The van der Waals surface area contributed by atoms with Crippen molar-refractivity contribution < 1.29 is 23.8 Å². The second-order valence-corrected chi connectivity index (χ2v) is 11.5. The summed E-state index contributed by atoms with van der Waals surface area (Å²) in [5.41, 5.74) is 2.56. The van der Waals surface area contributed by atoms with Crippen LogP contribution in [0.5, 0.6) is 11.5 Å². The Bertz CT molecular complexity index is 1450. The van der Waals surface area contributed by atoms with Gasteiger partial charge in [0.2, 0.25) is 12.7 Å². The molecule has 192 valence electrons. The van der Waals surface area contributed by atoms with Crippen LogP contribution in [0, 0.1) is 11.3 Å². The number of hydrogen-bond donors (Lipinski definition) is 1. The molecule has 1 amide bonds. The van der Waals surface area contributed by atoms with E-state index in [9.17, 15) is 9.59 Å². The highest BCUT2D eigenvalue weighted by atomic mass is 16.7. The molecule has 1 fully saturated rings. The lowest BCUT2D eigenvalue weighted by Gasteiger charge is -2.39. The van der Waals surface area contributed by atoms with Gasteiger partial charge in [0.05, 0.1) is 40.0 Å². The van der Waals surface area contributed by atoms with E-state index < -0.39 is 10.8 Å². The molecule has 1 N–H and O–H groups in total. The summed E-state index contributed by atoms with van der Waals surface area (Å²) in [4.78, 5) is 36.5. The Morgan fingerprint density at radius 2 is 1.59 bits per heavy atom. The topological polar surface area (TPSA) is 99.6 Å². The molecule has 6 rings (SSSR count). The lowest BCUT2D eigenvalue weighted by atomic mass is 9.63. The zero-order valence-electron chi connectivity index (χ0n) is 21.8. The Hall–Kier alpha value is -3.68. The van der Waals surface area contributed by atoms with Crippen molar-refractivity contribution in [3.63, 3.8) is 0 Å². The van der Waals surface area contributed by atoms with E-state index in [4.69, 9.17) is 24.2 Å². The van der Waals surface area contributed by atoms with Crippen molar-refractivity contribution in [3.8, 4) is 11.5 Å². The molecule has 2 bridgehead atoms. The van der Waals surface area contributed by atoms with Gasteiger partial charge in [0, 0.05) is 23.2 Å². The molecule has 37 heavy (non-hydrogen) atoms. The van der Waals surface area contributed by atoms with Gasteiger partial charge >= 0.3 is 5.97 Å². The number of nitrogens with zero attached hydrogens (tertiary/aromatic N) is 2. The third-order valence-corrected chi connectivity index (χ3v) is 8.85. The van der Waals surface area contributed by atoms with Crippen LogP contribution >= 0.6 is 0 Å². The second-order valence-electron chi connectivity index (χ2n) is 11.5. The molecule has 2 atom stereocenters. The molecule has 2 heterocycles. The number of fused-ring (bicyclic) bond motifs is 7. The van der Waals surface area contributed by atoms with Gasteiger partial charge in [-0.15, -0.1) is 0 Å². The van der Waals surface area contributed by atoms with Gasteiger partial charge in [-0.05, 0) is 48.4 Å². The van der Waals surface area contributed by atoms with Crippen molar-refractivity contribution in [2.24, 2.45) is 11.3 Å². The van der Waals surface area contributed by atoms with Crippen molar-refractivity contribution in [2.75, 3.05) is 18.7 Å². The zero-order valence-corrected chi connectivity index (χ0v) is 21.8. The third kappa shape index (κ3) is 3.20. The first kappa shape index (κ1) is 23.7. The molecule has 3 aromatic rings. The van der Waals surface area contributed by atoms with Gasteiger partial charge in [-0.1, -0.05) is 34.6 Å². The fourth-order valence-corrected chi connectivity index (χ4v) is 6.25. The zero-order chi connectivity index (χ0) is 26.2. The SMILES string of the molecule is CC(C)COC(=O)c1ccc(NC(=O)C23CCC(C)(c4nc5cc6c(cc5nc42)OCO6)C3(C)C)cc1. The highest BCUT2D eigenvalue weighted by Crippen LogP contribution is 2.70. The molecule has 8 nitrogen and oxygen atoms in total. The fraction of sp³-hybridized carbons (Fsp3) is 0.448. The average Bonchev–Trinajstić information content (AvgIpc) is 3.44. The van der Waals surface area contributed by atoms with E-state index in [0.717, 1.165) is 23.3 Å². The average molecular weight is 502 g/mol. The van der Waals surface area contributed by atoms with Gasteiger partial charge in [0.15, 0.2) is 11.5 Å². The minimum Gasteiger partial charge on any atom is -0.462 e. The van der Waals surface area contributed by atoms with Crippen LogP contribution in [0.4, 0.5) is 5.69 Å². The van der Waals surface area contributed by atoms with Crippen molar-refractivity contribution in [1.29, 1.82) is 0 Å². The quantitative estimate of drug-likeness (QED) is 0.483. The van der Waals surface area contributed by atoms with Crippen LogP contribution in [-0.4, -0.2) is 35.2 Å². The number of benzene rings is 2. The Labute approximate surface area is 215 Å². The van der Waals surface area contributed by atoms with E-state index in [0.29, 0.717) is 41.3 Å². The van der Waals surface area contributed by atoms with Crippen LogP contribution in [0.25, 0.3) is 11.0 Å². The standard InChI is InChI=1S/C29H31N3O5/c1-16(2)14-35-25(33)17-6-8-18(9-7-17)30-26(34)29-11-10-28(5,27(29,3)4)23-24(29)32-20-13-22-21(36-15-37-22)12-19(20)31-23/h6-9,12-13,16H,10-11,14-15H2,1-5H3,(H,30,34). The first-order valence-corrected chi connectivity index (χ1v) is 12.8. The van der Waals surface area contributed by atoms with Gasteiger partial charge in [0.1, 0.15) is 0 Å². The minimum absolute atomic E-state index is 0.107. The number of aromatic nitrogens is 2. The second kappa shape index (κ2) is 7.91. The summed E-state index contributed by atoms with van der Waals surface area (Å²) in [6.07, 6.45) is 1.52. The van der Waals surface area contributed by atoms with Crippen LogP contribution in [0.2, 0.25) is 0 Å². The molecule has 8 heteroatoms. The monoisotopic (exact) mass is 501 g/mol. The van der Waals surface area contributed by atoms with Gasteiger partial charge < -0.3 is 19.5 Å².